The summed E-state index contributed by atoms with van der Waals surface area (Å²) in [5.74, 6) is -0.534. The lowest BCUT2D eigenvalue weighted by atomic mass is 10.0. The molecular formula is C53H57N7O6S2. The largest absolute Gasteiger partial charge is 0.494 e. The standard InChI is InChI=1S/C53H57N7O6S2/c1-32(2)46(50(64)57-30-41(61)27-45(57)48(62)55-28-36-12-15-37(16-13-36)47-34(4)56-31-68-47)58-29-38-26-35(14-22-43(38)49(58)63)11-9-8-10-24-66-42-20-17-39(18-21-42)60-52(67)59(51(65)53(60,5)6)40-19-23-44(54-7)33(3)25-40/h12-23,25-26,31-32,41,45-46,61H,8-11,24,27-30H2,1-6H3,(H,55,62)/t41-,45+,46+/m1/s1. The number of unbranched alkanes of at least 4 members (excludes halogenated alkanes) is 2. The van der Waals surface area contributed by atoms with Crippen LogP contribution in [-0.2, 0) is 33.9 Å². The van der Waals surface area contributed by atoms with Crippen LogP contribution in [0.4, 0.5) is 17.1 Å². The van der Waals surface area contributed by atoms with E-state index >= 15 is 0 Å². The fourth-order valence-electron chi connectivity index (χ4n) is 9.54. The molecule has 0 radical (unpaired) electrons. The highest BCUT2D eigenvalue weighted by Gasteiger charge is 2.50. The number of rotatable bonds is 16. The Bertz CT molecular complexity index is 2780. The van der Waals surface area contributed by atoms with Crippen LogP contribution in [0.2, 0.25) is 0 Å². The number of carbonyl (C=O) groups is 4. The van der Waals surface area contributed by atoms with Crippen LogP contribution in [-0.4, -0.2) is 85.5 Å². The molecule has 0 spiro atoms. The summed E-state index contributed by atoms with van der Waals surface area (Å²) in [6, 6.07) is 25.1. The summed E-state index contributed by atoms with van der Waals surface area (Å²) in [7, 11) is 0. The topological polar surface area (TPSA) is 140 Å². The number of thiocarbonyl (C=S) groups is 1. The van der Waals surface area contributed by atoms with E-state index in [0.717, 1.165) is 75.5 Å². The van der Waals surface area contributed by atoms with Crippen molar-refractivity contribution in [1.29, 1.82) is 0 Å². The molecule has 68 heavy (non-hydrogen) atoms. The van der Waals surface area contributed by atoms with Crippen molar-refractivity contribution in [3.8, 4) is 16.2 Å². The van der Waals surface area contributed by atoms with E-state index in [1.165, 1.54) is 4.90 Å². The van der Waals surface area contributed by atoms with E-state index in [2.05, 4.69) is 21.2 Å². The van der Waals surface area contributed by atoms with Crippen molar-refractivity contribution in [2.45, 2.75) is 110 Å². The third-order valence-corrected chi connectivity index (χ3v) is 14.6. The minimum atomic E-state index is -0.920. The number of amides is 4. The molecule has 0 saturated carbocycles. The average molecular weight is 952 g/mol. The van der Waals surface area contributed by atoms with E-state index in [4.69, 9.17) is 23.5 Å². The first-order valence-corrected chi connectivity index (χ1v) is 24.4. The van der Waals surface area contributed by atoms with Gasteiger partial charge >= 0.3 is 0 Å². The highest BCUT2D eigenvalue weighted by atomic mass is 32.1. The van der Waals surface area contributed by atoms with Gasteiger partial charge in [0.05, 0.1) is 35.4 Å². The van der Waals surface area contributed by atoms with E-state index in [0.29, 0.717) is 35.2 Å². The van der Waals surface area contributed by atoms with Crippen molar-refractivity contribution in [3.63, 3.8) is 0 Å². The highest BCUT2D eigenvalue weighted by Crippen LogP contribution is 2.38. The van der Waals surface area contributed by atoms with Crippen molar-refractivity contribution >= 4 is 69.4 Å². The molecule has 352 valence electrons. The second kappa shape index (κ2) is 20.0. The normalized spacial score (nSPS) is 18.1. The van der Waals surface area contributed by atoms with Gasteiger partial charge in [0.2, 0.25) is 11.8 Å². The highest BCUT2D eigenvalue weighted by molar-refractivity contribution is 7.81. The molecule has 0 unspecified atom stereocenters. The molecule has 3 aliphatic rings. The van der Waals surface area contributed by atoms with Gasteiger partial charge in [-0.1, -0.05) is 56.3 Å². The first-order chi connectivity index (χ1) is 32.6. The monoisotopic (exact) mass is 951 g/mol. The number of carbonyl (C=O) groups excluding carboxylic acids is 4. The molecule has 15 heteroatoms. The summed E-state index contributed by atoms with van der Waals surface area (Å²) in [6.07, 6.45) is 2.81. The van der Waals surface area contributed by atoms with Crippen LogP contribution in [0.1, 0.15) is 91.7 Å². The summed E-state index contributed by atoms with van der Waals surface area (Å²) < 4.78 is 6.09. The fraction of sp³-hybridized carbons (Fsp3) is 0.377. The second-order valence-electron chi connectivity index (χ2n) is 18.7. The molecule has 0 aliphatic carbocycles. The number of aromatic nitrogens is 1. The number of anilines is 2. The SMILES string of the molecule is [C-]#[N+]c1ccc(N2C(=O)C(C)(C)N(c3ccc(OCCCCCc4ccc5c(c4)CN([C@H](C(=O)N4C[C@H](O)C[C@H]4C(=O)NCc4ccc(-c6scnc6C)cc4)C(C)C)C5=O)cc3)C2=S)cc1C. The van der Waals surface area contributed by atoms with E-state index in [1.54, 1.807) is 33.3 Å². The molecule has 3 atom stereocenters. The third-order valence-electron chi connectivity index (χ3n) is 13.2. The maximum Gasteiger partial charge on any atom is 0.259 e. The molecule has 0 bridgehead atoms. The Morgan fingerprint density at radius 1 is 0.971 bits per heavy atom. The number of β-amino-alcohol motifs (C(OH)–C–C–N with tert-alkyl or cyclic N) is 1. The number of thiazole rings is 1. The van der Waals surface area contributed by atoms with Crippen molar-refractivity contribution in [1.82, 2.24) is 20.1 Å². The Morgan fingerprint density at radius 3 is 2.37 bits per heavy atom. The predicted molar refractivity (Wildman–Crippen MR) is 269 cm³/mol. The van der Waals surface area contributed by atoms with Crippen LogP contribution >= 0.6 is 23.6 Å². The van der Waals surface area contributed by atoms with Crippen LogP contribution in [0.5, 0.6) is 5.75 Å². The molecule has 2 N–H and O–H groups in total. The molecule has 8 rings (SSSR count). The Balaban J connectivity index is 0.810. The van der Waals surface area contributed by atoms with E-state index < -0.39 is 23.7 Å². The number of hydrogen-bond donors (Lipinski definition) is 2. The molecule has 3 aliphatic heterocycles. The maximum absolute atomic E-state index is 14.4. The smallest absolute Gasteiger partial charge is 0.259 e. The fourth-order valence-corrected chi connectivity index (χ4v) is 10.9. The second-order valence-corrected chi connectivity index (χ2v) is 20.0. The van der Waals surface area contributed by atoms with E-state index in [-0.39, 0.29) is 49.1 Å². The quantitative estimate of drug-likeness (QED) is 0.0564. The summed E-state index contributed by atoms with van der Waals surface area (Å²) in [5, 5.41) is 14.1. The number of aliphatic hydroxyl groups excluding tert-OH is 1. The van der Waals surface area contributed by atoms with Crippen molar-refractivity contribution in [2.75, 3.05) is 23.0 Å². The van der Waals surface area contributed by atoms with Gasteiger partial charge in [0.15, 0.2) is 10.8 Å². The van der Waals surface area contributed by atoms with Gasteiger partial charge in [-0.2, -0.15) is 0 Å². The number of ether oxygens (including phenoxy) is 1. The van der Waals surface area contributed by atoms with Gasteiger partial charge in [-0.3, -0.25) is 24.1 Å². The Labute approximate surface area is 407 Å². The van der Waals surface area contributed by atoms with Gasteiger partial charge in [-0.05, 0) is 142 Å². The zero-order valence-corrected chi connectivity index (χ0v) is 41.0. The number of likely N-dealkylation sites (tertiary alicyclic amines) is 1. The molecular weight excluding hydrogens is 895 g/mol. The molecule has 4 amide bonds. The van der Waals surface area contributed by atoms with Crippen molar-refractivity contribution < 1.29 is 29.0 Å². The number of aryl methyl sites for hydroxylation is 3. The minimum absolute atomic E-state index is 0.0250. The van der Waals surface area contributed by atoms with Crippen LogP contribution < -0.4 is 19.9 Å². The van der Waals surface area contributed by atoms with Gasteiger partial charge in [0.25, 0.3) is 11.8 Å². The van der Waals surface area contributed by atoms with Gasteiger partial charge in [0, 0.05) is 43.0 Å². The molecule has 2 saturated heterocycles. The molecule has 2 fully saturated rings. The number of benzene rings is 4. The predicted octanol–water partition coefficient (Wildman–Crippen LogP) is 8.94. The number of hydrogen-bond acceptors (Lipinski definition) is 9. The lowest BCUT2D eigenvalue weighted by Crippen LogP contribution is -2.55. The summed E-state index contributed by atoms with van der Waals surface area (Å²) in [6.45, 7) is 19.8. The van der Waals surface area contributed by atoms with Crippen LogP contribution in [0.3, 0.4) is 0 Å². The van der Waals surface area contributed by atoms with Gasteiger partial charge in [-0.25, -0.2) is 9.83 Å². The minimum Gasteiger partial charge on any atom is -0.494 e. The van der Waals surface area contributed by atoms with Gasteiger partial charge in [0.1, 0.15) is 23.4 Å². The first-order valence-electron chi connectivity index (χ1n) is 23.2. The van der Waals surface area contributed by atoms with E-state index in [9.17, 15) is 24.3 Å². The zero-order valence-electron chi connectivity index (χ0n) is 39.3. The third kappa shape index (κ3) is 9.63. The molecule has 5 aromatic rings. The first kappa shape index (κ1) is 48.0. The number of aliphatic hydroxyl groups is 1. The van der Waals surface area contributed by atoms with Crippen molar-refractivity contribution in [3.05, 3.63) is 135 Å². The number of fused-ring (bicyclic) bond motifs is 1. The van der Waals surface area contributed by atoms with Gasteiger partial charge in [-0.15, -0.1) is 11.3 Å². The molecule has 13 nitrogen and oxygen atoms in total. The molecule has 1 aromatic heterocycles. The summed E-state index contributed by atoms with van der Waals surface area (Å²) in [5.41, 5.74) is 9.16. The van der Waals surface area contributed by atoms with Crippen LogP contribution in [0, 0.1) is 26.3 Å². The molecule has 4 heterocycles. The van der Waals surface area contributed by atoms with Crippen LogP contribution in [0.15, 0.2) is 90.4 Å². The summed E-state index contributed by atoms with van der Waals surface area (Å²) >= 11 is 7.43. The van der Waals surface area contributed by atoms with Crippen LogP contribution in [0.25, 0.3) is 15.3 Å². The molecule has 4 aromatic carbocycles. The van der Waals surface area contributed by atoms with E-state index in [1.807, 2.05) is 119 Å². The maximum atomic E-state index is 14.4. The number of nitrogens with one attached hydrogen (secondary N) is 1. The number of nitrogens with zero attached hydrogens (tertiary/aromatic N) is 6. The Kier molecular flexibility index (Phi) is 14.1. The average Bonchev–Trinajstić information content (AvgIpc) is 4.06. The lowest BCUT2D eigenvalue weighted by Gasteiger charge is -2.35. The lowest BCUT2D eigenvalue weighted by molar-refractivity contribution is -0.143. The Morgan fingerprint density at radius 2 is 1.69 bits per heavy atom. The zero-order chi connectivity index (χ0) is 48.4. The van der Waals surface area contributed by atoms with Gasteiger partial charge < -0.3 is 29.9 Å². The summed E-state index contributed by atoms with van der Waals surface area (Å²) in [4.78, 5) is 71.0. The Hall–Kier alpha value is -6.47. The van der Waals surface area contributed by atoms with Crippen molar-refractivity contribution in [2.24, 2.45) is 5.92 Å².